The van der Waals surface area contributed by atoms with Gasteiger partial charge in [-0.2, -0.15) is 30.7 Å². The van der Waals surface area contributed by atoms with Crippen molar-refractivity contribution in [1.82, 2.24) is 0 Å². The van der Waals surface area contributed by atoms with E-state index < -0.39 is 36.2 Å². The van der Waals surface area contributed by atoms with Gasteiger partial charge in [-0.3, -0.25) is 0 Å². The Morgan fingerprint density at radius 2 is 1.17 bits per heavy atom. The van der Waals surface area contributed by atoms with Crippen LogP contribution in [0.25, 0.3) is 0 Å². The minimum Gasteiger partial charge on any atom is -0.387 e. The summed E-state index contributed by atoms with van der Waals surface area (Å²) in [7, 11) is 0. The number of rotatable bonds is 4. The molecule has 0 rings (SSSR count). The predicted octanol–water partition coefficient (Wildman–Crippen LogP) is 3.17. The Morgan fingerprint density at radius 1 is 0.833 bits per heavy atom. The molecule has 1 nitrogen and oxygen atoms in total. The molecule has 110 valence electrons. The molecule has 18 heavy (non-hydrogen) atoms. The Bertz CT molecular complexity index is 293. The molecule has 1 N–H and O–H groups in total. The second-order valence-electron chi connectivity index (χ2n) is 3.41. The SMILES string of the molecule is CC(O)C(F)(F)C(F)C(F)(F)C(F)(F)C(F)(F)F. The van der Waals surface area contributed by atoms with E-state index >= 15 is 0 Å². The van der Waals surface area contributed by atoms with Gasteiger partial charge in [-0.05, 0) is 6.92 Å². The van der Waals surface area contributed by atoms with Gasteiger partial charge >= 0.3 is 23.9 Å². The van der Waals surface area contributed by atoms with Gasteiger partial charge in [0.2, 0.25) is 6.17 Å². The summed E-state index contributed by atoms with van der Waals surface area (Å²) in [6.45, 7) is 0.0639. The molecule has 0 spiro atoms. The molecule has 0 aromatic heterocycles. The van der Waals surface area contributed by atoms with E-state index in [0.717, 1.165) is 0 Å². The van der Waals surface area contributed by atoms with Crippen LogP contribution in [-0.4, -0.2) is 41.3 Å². The van der Waals surface area contributed by atoms with E-state index in [2.05, 4.69) is 0 Å². The van der Waals surface area contributed by atoms with Gasteiger partial charge in [0.15, 0.2) is 0 Å². The Morgan fingerprint density at radius 3 is 1.39 bits per heavy atom. The van der Waals surface area contributed by atoms with Gasteiger partial charge in [0.25, 0.3) is 0 Å². The first-order valence-corrected chi connectivity index (χ1v) is 4.12. The molecule has 0 bridgehead atoms. The van der Waals surface area contributed by atoms with Crippen molar-refractivity contribution < 1.29 is 49.0 Å². The van der Waals surface area contributed by atoms with Crippen LogP contribution < -0.4 is 0 Å². The summed E-state index contributed by atoms with van der Waals surface area (Å²) in [5, 5.41) is 8.23. The third-order valence-electron chi connectivity index (χ3n) is 1.99. The Hall–Kier alpha value is -0.740. The van der Waals surface area contributed by atoms with Crippen molar-refractivity contribution in [2.45, 2.75) is 43.1 Å². The van der Waals surface area contributed by atoms with Crippen LogP contribution in [0.1, 0.15) is 6.92 Å². The summed E-state index contributed by atoms with van der Waals surface area (Å²) in [5.74, 6) is -19.2. The van der Waals surface area contributed by atoms with Crippen LogP contribution in [0.2, 0.25) is 0 Å². The minimum atomic E-state index is -7.00. The van der Waals surface area contributed by atoms with Crippen molar-refractivity contribution in [2.24, 2.45) is 0 Å². The third kappa shape index (κ3) is 2.50. The van der Waals surface area contributed by atoms with E-state index in [-0.39, 0.29) is 6.92 Å². The molecule has 0 aromatic rings. The average molecular weight is 296 g/mol. The third-order valence-corrected chi connectivity index (χ3v) is 1.99. The van der Waals surface area contributed by atoms with Gasteiger partial charge in [-0.1, -0.05) is 0 Å². The second kappa shape index (κ2) is 4.42. The fourth-order valence-electron chi connectivity index (χ4n) is 0.802. The highest BCUT2D eigenvalue weighted by Crippen LogP contribution is 2.51. The Labute approximate surface area is 93.4 Å². The van der Waals surface area contributed by atoms with Gasteiger partial charge in [0.05, 0.1) is 0 Å². The number of halogens is 10. The molecule has 0 radical (unpaired) electrons. The van der Waals surface area contributed by atoms with Crippen LogP contribution in [0, 0.1) is 0 Å². The van der Waals surface area contributed by atoms with Gasteiger partial charge in [-0.15, -0.1) is 0 Å². The monoisotopic (exact) mass is 296 g/mol. The van der Waals surface area contributed by atoms with Crippen LogP contribution >= 0.6 is 0 Å². The van der Waals surface area contributed by atoms with Crippen molar-refractivity contribution in [2.75, 3.05) is 0 Å². The normalized spacial score (nSPS) is 18.7. The van der Waals surface area contributed by atoms with Crippen LogP contribution in [0.4, 0.5) is 43.9 Å². The largest absolute Gasteiger partial charge is 0.459 e. The molecule has 0 aliphatic heterocycles. The highest BCUT2D eigenvalue weighted by atomic mass is 19.4. The molecule has 0 saturated carbocycles. The van der Waals surface area contributed by atoms with Gasteiger partial charge in [0, 0.05) is 0 Å². The number of alkyl halides is 10. The molecular weight excluding hydrogens is 290 g/mol. The standard InChI is InChI=1S/C7H6F10O/c1-2(18)4(9,10)3(8)5(11,12)6(13,14)7(15,16)17/h2-3,18H,1H3. The predicted molar refractivity (Wildman–Crippen MR) is 37.5 cm³/mol. The molecular formula is C7H6F10O. The molecule has 0 aromatic carbocycles. The maximum Gasteiger partial charge on any atom is 0.459 e. The number of aliphatic hydroxyl groups excluding tert-OH is 1. The molecule has 11 heteroatoms. The zero-order valence-corrected chi connectivity index (χ0v) is 8.38. The highest BCUT2D eigenvalue weighted by molar-refractivity contribution is 5.02. The lowest BCUT2D eigenvalue weighted by Crippen LogP contribution is -2.62. The molecule has 0 aliphatic rings. The molecule has 0 aliphatic carbocycles. The van der Waals surface area contributed by atoms with Crippen molar-refractivity contribution in [3.63, 3.8) is 0 Å². The summed E-state index contributed by atoms with van der Waals surface area (Å²) in [6, 6.07) is 0. The molecule has 0 amide bonds. The van der Waals surface area contributed by atoms with Crippen molar-refractivity contribution in [1.29, 1.82) is 0 Å². The fraction of sp³-hybridized carbons (Fsp3) is 1.00. The first-order chi connectivity index (χ1) is 7.60. The molecule has 2 atom stereocenters. The van der Waals surface area contributed by atoms with Crippen molar-refractivity contribution in [3.05, 3.63) is 0 Å². The van der Waals surface area contributed by atoms with Crippen LogP contribution in [0.3, 0.4) is 0 Å². The molecule has 2 unspecified atom stereocenters. The number of hydrogen-bond acceptors (Lipinski definition) is 1. The van der Waals surface area contributed by atoms with Crippen LogP contribution in [0.15, 0.2) is 0 Å². The smallest absolute Gasteiger partial charge is 0.387 e. The summed E-state index contributed by atoms with van der Waals surface area (Å²) in [4.78, 5) is 0. The number of aliphatic hydroxyl groups is 1. The van der Waals surface area contributed by atoms with Gasteiger partial charge in [0.1, 0.15) is 6.10 Å². The fourth-order valence-corrected chi connectivity index (χ4v) is 0.802. The van der Waals surface area contributed by atoms with Crippen molar-refractivity contribution >= 4 is 0 Å². The zero-order chi connectivity index (χ0) is 15.2. The maximum absolute atomic E-state index is 12.6. The second-order valence-corrected chi connectivity index (χ2v) is 3.41. The maximum atomic E-state index is 12.6. The Balaban J connectivity index is 5.54. The lowest BCUT2D eigenvalue weighted by atomic mass is 9.98. The molecule has 0 saturated heterocycles. The molecule has 0 fully saturated rings. The summed E-state index contributed by atoms with van der Waals surface area (Å²) >= 11 is 0. The highest BCUT2D eigenvalue weighted by Gasteiger charge is 2.79. The lowest BCUT2D eigenvalue weighted by Gasteiger charge is -2.34. The van der Waals surface area contributed by atoms with Gasteiger partial charge in [-0.25, -0.2) is 13.2 Å². The first kappa shape index (κ1) is 17.3. The van der Waals surface area contributed by atoms with E-state index in [9.17, 15) is 43.9 Å². The number of hydrogen-bond donors (Lipinski definition) is 1. The van der Waals surface area contributed by atoms with Crippen LogP contribution in [-0.2, 0) is 0 Å². The van der Waals surface area contributed by atoms with Crippen molar-refractivity contribution in [3.8, 4) is 0 Å². The lowest BCUT2D eigenvalue weighted by molar-refractivity contribution is -0.380. The summed E-state index contributed by atoms with van der Waals surface area (Å²) in [6.07, 6.45) is -15.3. The van der Waals surface area contributed by atoms with Gasteiger partial charge < -0.3 is 5.11 Å². The van der Waals surface area contributed by atoms with Crippen LogP contribution in [0.5, 0.6) is 0 Å². The van der Waals surface area contributed by atoms with E-state index in [1.165, 1.54) is 0 Å². The summed E-state index contributed by atoms with van der Waals surface area (Å²) in [5.41, 5.74) is 0. The van der Waals surface area contributed by atoms with E-state index in [4.69, 9.17) is 5.11 Å². The first-order valence-electron chi connectivity index (χ1n) is 4.12. The molecule has 0 heterocycles. The average Bonchev–Trinajstić information content (AvgIpc) is 2.13. The minimum absolute atomic E-state index is 0.0639. The summed E-state index contributed by atoms with van der Waals surface area (Å²) < 4.78 is 122. The Kier molecular flexibility index (Phi) is 4.24. The topological polar surface area (TPSA) is 20.2 Å². The van der Waals surface area contributed by atoms with E-state index in [0.29, 0.717) is 0 Å². The zero-order valence-electron chi connectivity index (χ0n) is 8.38. The quantitative estimate of drug-likeness (QED) is 0.790. The van der Waals surface area contributed by atoms with E-state index in [1.807, 2.05) is 0 Å². The van der Waals surface area contributed by atoms with E-state index in [1.54, 1.807) is 0 Å².